The summed E-state index contributed by atoms with van der Waals surface area (Å²) in [6, 6.07) is 6.35. The molecule has 1 heterocycles. The topological polar surface area (TPSA) is 29.3 Å². The quantitative estimate of drug-likeness (QED) is 0.865. The summed E-state index contributed by atoms with van der Waals surface area (Å²) in [5.41, 5.74) is 7.46. The zero-order chi connectivity index (χ0) is 12.4. The summed E-state index contributed by atoms with van der Waals surface area (Å²) < 4.78 is 0. The van der Waals surface area contributed by atoms with Gasteiger partial charge in [0.2, 0.25) is 0 Å². The van der Waals surface area contributed by atoms with Gasteiger partial charge in [0.25, 0.3) is 0 Å². The number of hydrogen-bond donors (Lipinski definition) is 1. The highest BCUT2D eigenvalue weighted by Gasteiger charge is 2.21. The van der Waals surface area contributed by atoms with E-state index in [4.69, 9.17) is 29.6 Å². The Hall–Kier alpha value is -0.450. The van der Waals surface area contributed by atoms with E-state index in [1.807, 2.05) is 30.0 Å². The molecule has 0 radical (unpaired) electrons. The van der Waals surface area contributed by atoms with Crippen LogP contribution in [0.5, 0.6) is 0 Å². The smallest absolute Gasteiger partial charge is 0.104 e. The van der Waals surface area contributed by atoms with Crippen LogP contribution in [0.2, 0.25) is 5.02 Å². The average molecular weight is 287 g/mol. The maximum Gasteiger partial charge on any atom is 0.104 e. The van der Waals surface area contributed by atoms with Gasteiger partial charge in [0.05, 0.1) is 10.7 Å². The molecule has 0 aromatic heterocycles. The van der Waals surface area contributed by atoms with Crippen molar-refractivity contribution in [3.05, 3.63) is 28.8 Å². The maximum absolute atomic E-state index is 6.28. The zero-order valence-electron chi connectivity index (χ0n) is 9.65. The number of thiocarbonyl (C=S) groups is 1. The van der Waals surface area contributed by atoms with Crippen LogP contribution < -0.4 is 10.6 Å². The van der Waals surface area contributed by atoms with E-state index in [1.54, 1.807) is 0 Å². The summed E-state index contributed by atoms with van der Waals surface area (Å²) in [5.74, 6) is 2.40. The summed E-state index contributed by atoms with van der Waals surface area (Å²) >= 11 is 13.2. The van der Waals surface area contributed by atoms with Crippen LogP contribution in [0.25, 0.3) is 0 Å². The van der Waals surface area contributed by atoms with E-state index in [-0.39, 0.29) is 0 Å². The second kappa shape index (κ2) is 5.46. The van der Waals surface area contributed by atoms with Crippen LogP contribution in [0.15, 0.2) is 18.2 Å². The summed E-state index contributed by atoms with van der Waals surface area (Å²) in [4.78, 5) is 2.64. The van der Waals surface area contributed by atoms with Crippen LogP contribution in [-0.2, 0) is 0 Å². The van der Waals surface area contributed by atoms with E-state index in [9.17, 15) is 0 Å². The van der Waals surface area contributed by atoms with E-state index in [0.29, 0.717) is 11.0 Å². The van der Waals surface area contributed by atoms with Crippen LogP contribution in [0, 0.1) is 0 Å². The van der Waals surface area contributed by atoms with Gasteiger partial charge in [0.15, 0.2) is 0 Å². The lowest BCUT2D eigenvalue weighted by molar-refractivity contribution is 0.700. The van der Waals surface area contributed by atoms with Gasteiger partial charge in [-0.25, -0.2) is 0 Å². The molecular weight excluding hydrogens is 272 g/mol. The summed E-state index contributed by atoms with van der Waals surface area (Å²) in [6.07, 6.45) is 1.22. The predicted molar refractivity (Wildman–Crippen MR) is 81.5 cm³/mol. The molecule has 0 amide bonds. The lowest BCUT2D eigenvalue weighted by Gasteiger charge is -2.27. The highest BCUT2D eigenvalue weighted by Crippen LogP contribution is 2.31. The van der Waals surface area contributed by atoms with E-state index >= 15 is 0 Å². The van der Waals surface area contributed by atoms with Crippen molar-refractivity contribution >= 4 is 46.3 Å². The van der Waals surface area contributed by atoms with Gasteiger partial charge >= 0.3 is 0 Å². The SMILES string of the molecule is CN(c1ccc(C(N)=S)cc1Cl)C1CCSC1. The molecule has 1 atom stereocenters. The second-order valence-corrected chi connectivity index (χ2v) is 6.16. The number of hydrogen-bond acceptors (Lipinski definition) is 3. The van der Waals surface area contributed by atoms with Gasteiger partial charge in [-0.2, -0.15) is 11.8 Å². The minimum Gasteiger partial charge on any atom is -0.389 e. The lowest BCUT2D eigenvalue weighted by Crippen LogP contribution is -2.31. The molecule has 1 saturated heterocycles. The van der Waals surface area contributed by atoms with Crippen molar-refractivity contribution in [3.8, 4) is 0 Å². The van der Waals surface area contributed by atoms with E-state index in [2.05, 4.69) is 11.9 Å². The van der Waals surface area contributed by atoms with Crippen molar-refractivity contribution in [1.29, 1.82) is 0 Å². The van der Waals surface area contributed by atoms with Crippen LogP contribution in [0.3, 0.4) is 0 Å². The maximum atomic E-state index is 6.28. The summed E-state index contributed by atoms with van der Waals surface area (Å²) in [7, 11) is 2.10. The number of rotatable bonds is 3. The van der Waals surface area contributed by atoms with E-state index in [1.165, 1.54) is 17.9 Å². The Bertz CT molecular complexity index is 431. The summed E-state index contributed by atoms with van der Waals surface area (Å²) in [5, 5.41) is 0.717. The molecule has 2 N–H and O–H groups in total. The number of halogens is 1. The highest BCUT2D eigenvalue weighted by atomic mass is 35.5. The minimum absolute atomic E-state index is 0.387. The van der Waals surface area contributed by atoms with Crippen molar-refractivity contribution in [3.63, 3.8) is 0 Å². The Morgan fingerprint density at radius 2 is 2.35 bits per heavy atom. The number of nitrogens with zero attached hydrogens (tertiary/aromatic N) is 1. The van der Waals surface area contributed by atoms with Crippen LogP contribution in [0.4, 0.5) is 5.69 Å². The molecule has 1 aromatic rings. The Kier molecular flexibility index (Phi) is 4.17. The van der Waals surface area contributed by atoms with Crippen molar-refractivity contribution in [2.45, 2.75) is 12.5 Å². The van der Waals surface area contributed by atoms with E-state index in [0.717, 1.165) is 16.3 Å². The van der Waals surface area contributed by atoms with Crippen LogP contribution >= 0.6 is 35.6 Å². The third-order valence-corrected chi connectivity index (χ3v) is 4.75. The van der Waals surface area contributed by atoms with Gasteiger partial charge < -0.3 is 10.6 Å². The van der Waals surface area contributed by atoms with E-state index < -0.39 is 0 Å². The Labute approximate surface area is 117 Å². The van der Waals surface area contributed by atoms with Crippen molar-refractivity contribution in [2.24, 2.45) is 5.73 Å². The lowest BCUT2D eigenvalue weighted by atomic mass is 10.1. The molecule has 1 aliphatic heterocycles. The normalized spacial score (nSPS) is 19.3. The zero-order valence-corrected chi connectivity index (χ0v) is 12.0. The Morgan fingerprint density at radius 3 is 2.88 bits per heavy atom. The molecule has 0 saturated carbocycles. The van der Waals surface area contributed by atoms with Crippen molar-refractivity contribution in [1.82, 2.24) is 0 Å². The fourth-order valence-electron chi connectivity index (χ4n) is 1.97. The van der Waals surface area contributed by atoms with Gasteiger partial charge in [0.1, 0.15) is 4.99 Å². The largest absolute Gasteiger partial charge is 0.389 e. The third-order valence-electron chi connectivity index (χ3n) is 3.07. The monoisotopic (exact) mass is 286 g/mol. The fraction of sp³-hybridized carbons (Fsp3) is 0.417. The first kappa shape index (κ1) is 13.0. The van der Waals surface area contributed by atoms with Crippen molar-refractivity contribution < 1.29 is 0 Å². The Balaban J connectivity index is 2.23. The predicted octanol–water partition coefficient (Wildman–Crippen LogP) is 2.92. The first-order valence-electron chi connectivity index (χ1n) is 5.49. The van der Waals surface area contributed by atoms with Crippen LogP contribution in [0.1, 0.15) is 12.0 Å². The fourth-order valence-corrected chi connectivity index (χ4v) is 3.68. The molecule has 2 nitrogen and oxygen atoms in total. The highest BCUT2D eigenvalue weighted by molar-refractivity contribution is 7.99. The molecule has 1 aliphatic rings. The molecule has 1 fully saturated rings. The summed E-state index contributed by atoms with van der Waals surface area (Å²) in [6.45, 7) is 0. The van der Waals surface area contributed by atoms with Crippen LogP contribution in [-0.4, -0.2) is 29.6 Å². The molecule has 1 unspecified atom stereocenters. The molecular formula is C12H15ClN2S2. The first-order chi connectivity index (χ1) is 8.09. The van der Waals surface area contributed by atoms with Gasteiger partial charge in [-0.15, -0.1) is 0 Å². The molecule has 0 spiro atoms. The molecule has 92 valence electrons. The standard InChI is InChI=1S/C12H15ClN2S2/c1-15(9-4-5-17-7-9)11-3-2-8(12(14)16)6-10(11)13/h2-3,6,9H,4-5,7H2,1H3,(H2,14,16). The molecule has 17 heavy (non-hydrogen) atoms. The number of thioether (sulfide) groups is 1. The molecule has 0 bridgehead atoms. The van der Waals surface area contributed by atoms with Crippen molar-refractivity contribution in [2.75, 3.05) is 23.5 Å². The van der Waals surface area contributed by atoms with Gasteiger partial charge in [0, 0.05) is 24.4 Å². The minimum atomic E-state index is 0.387. The average Bonchev–Trinajstić information content (AvgIpc) is 2.81. The third kappa shape index (κ3) is 2.87. The van der Waals surface area contributed by atoms with Gasteiger partial charge in [-0.3, -0.25) is 0 Å². The molecule has 5 heteroatoms. The molecule has 2 rings (SSSR count). The number of nitrogens with two attached hydrogens (primary N) is 1. The number of anilines is 1. The molecule has 0 aliphatic carbocycles. The first-order valence-corrected chi connectivity index (χ1v) is 7.43. The van der Waals surface area contributed by atoms with Gasteiger partial charge in [-0.1, -0.05) is 23.8 Å². The molecule has 1 aromatic carbocycles. The van der Waals surface area contributed by atoms with Gasteiger partial charge in [-0.05, 0) is 30.4 Å². The Morgan fingerprint density at radius 1 is 1.59 bits per heavy atom. The second-order valence-electron chi connectivity index (χ2n) is 4.16. The number of benzene rings is 1.